The molecule has 1 nitrogen and oxygen atoms in total. The van der Waals surface area contributed by atoms with Crippen LogP contribution in [0.25, 0.3) is 10.8 Å². The summed E-state index contributed by atoms with van der Waals surface area (Å²) < 4.78 is 43.2. The van der Waals surface area contributed by atoms with Gasteiger partial charge in [0.05, 0.1) is 0 Å². The molecule has 2 aromatic carbocycles. The fourth-order valence-corrected chi connectivity index (χ4v) is 3.97. The molecular formula is C17H19F3IOS+. The first-order chi connectivity index (χ1) is 11.0. The Labute approximate surface area is 152 Å². The van der Waals surface area contributed by atoms with E-state index in [1.54, 1.807) is 6.07 Å². The second kappa shape index (κ2) is 9.01. The predicted molar refractivity (Wildman–Crippen MR) is 100 cm³/mol. The highest BCUT2D eigenvalue weighted by atomic mass is 127. The third-order valence-corrected chi connectivity index (χ3v) is 5.36. The van der Waals surface area contributed by atoms with Gasteiger partial charge in [-0.3, -0.25) is 0 Å². The molecule has 0 aromatic heterocycles. The zero-order chi connectivity index (χ0) is 16.7. The second-order valence-corrected chi connectivity index (χ2v) is 7.49. The first kappa shape index (κ1) is 18.7. The van der Waals surface area contributed by atoms with E-state index in [9.17, 15) is 13.2 Å². The van der Waals surface area contributed by atoms with Gasteiger partial charge in [0.1, 0.15) is 11.5 Å². The number of ether oxygens (including phenoxy) is 1. The molecule has 0 spiro atoms. The van der Waals surface area contributed by atoms with Gasteiger partial charge in [-0.2, -0.15) is 13.2 Å². The number of halogens is 4. The average Bonchev–Trinajstić information content (AvgIpc) is 2.52. The van der Waals surface area contributed by atoms with Crippen LogP contribution in [0, 0.1) is 0 Å². The summed E-state index contributed by atoms with van der Waals surface area (Å²) >= 11 is 3.60. The zero-order valence-electron chi connectivity index (χ0n) is 12.6. The van der Waals surface area contributed by atoms with Crippen molar-refractivity contribution in [1.29, 1.82) is 0 Å². The lowest BCUT2D eigenvalue weighted by molar-refractivity contribution is -0.153. The van der Waals surface area contributed by atoms with Crippen molar-refractivity contribution in [3.63, 3.8) is 0 Å². The Morgan fingerprint density at radius 3 is 2.39 bits per heavy atom. The number of unbranched alkanes of at least 4 members (excludes halogenated alkanes) is 2. The minimum atomic E-state index is -4.32. The molecule has 2 aromatic rings. The summed E-state index contributed by atoms with van der Waals surface area (Å²) in [5.74, 6) is 1.37. The average molecular weight is 455 g/mol. The van der Waals surface area contributed by atoms with Gasteiger partial charge in [0.2, 0.25) is 0 Å². The van der Waals surface area contributed by atoms with E-state index < -0.39 is 12.8 Å². The maximum atomic E-state index is 12.4. The summed E-state index contributed by atoms with van der Waals surface area (Å²) in [5, 5.41) is 1.72. The van der Waals surface area contributed by atoms with Crippen LogP contribution in [0.1, 0.15) is 19.3 Å². The lowest BCUT2D eigenvalue weighted by Crippen LogP contribution is -2.19. The fraction of sp³-hybridized carbons (Fsp3) is 0.412. The SMILES string of the molecule is FC(F)(F)COc1ccc([SH+]CCCCCI)c2ccccc12. The number of fused-ring (bicyclic) bond motifs is 1. The van der Waals surface area contributed by atoms with Gasteiger partial charge in [-0.05, 0) is 41.9 Å². The van der Waals surface area contributed by atoms with Crippen molar-refractivity contribution < 1.29 is 17.9 Å². The number of hydrogen-bond donors (Lipinski definition) is 0. The van der Waals surface area contributed by atoms with Gasteiger partial charge in [-0.15, -0.1) is 0 Å². The van der Waals surface area contributed by atoms with E-state index in [0.29, 0.717) is 5.75 Å². The monoisotopic (exact) mass is 455 g/mol. The molecule has 2 rings (SSSR count). The van der Waals surface area contributed by atoms with Gasteiger partial charge in [-0.25, -0.2) is 0 Å². The van der Waals surface area contributed by atoms with Gasteiger partial charge < -0.3 is 4.74 Å². The molecule has 6 heteroatoms. The Bertz CT molecular complexity index is 631. The van der Waals surface area contributed by atoms with Crippen LogP contribution in [0.5, 0.6) is 5.75 Å². The number of benzene rings is 2. The van der Waals surface area contributed by atoms with E-state index in [-0.39, 0.29) is 0 Å². The van der Waals surface area contributed by atoms with E-state index in [0.717, 1.165) is 21.4 Å². The summed E-state index contributed by atoms with van der Waals surface area (Å²) in [4.78, 5) is 1.15. The molecule has 23 heavy (non-hydrogen) atoms. The highest BCUT2D eigenvalue weighted by Crippen LogP contribution is 2.31. The lowest BCUT2D eigenvalue weighted by Gasteiger charge is -2.11. The van der Waals surface area contributed by atoms with E-state index in [1.165, 1.54) is 35.5 Å². The normalized spacial score (nSPS) is 11.8. The molecule has 126 valence electrons. The largest absolute Gasteiger partial charge is 0.483 e. The highest BCUT2D eigenvalue weighted by Gasteiger charge is 2.28. The number of rotatable bonds is 8. The van der Waals surface area contributed by atoms with Crippen LogP contribution < -0.4 is 4.74 Å². The van der Waals surface area contributed by atoms with E-state index in [2.05, 4.69) is 22.6 Å². The van der Waals surface area contributed by atoms with E-state index in [4.69, 9.17) is 4.74 Å². The van der Waals surface area contributed by atoms with Gasteiger partial charge in [0.25, 0.3) is 0 Å². The Morgan fingerprint density at radius 1 is 0.957 bits per heavy atom. The quantitative estimate of drug-likeness (QED) is 0.167. The molecule has 0 amide bonds. The number of hydrogen-bond acceptors (Lipinski definition) is 1. The molecule has 0 bridgehead atoms. The molecule has 0 saturated carbocycles. The topological polar surface area (TPSA) is 9.23 Å². The first-order valence-corrected chi connectivity index (χ1v) is 10.1. The van der Waals surface area contributed by atoms with Crippen LogP contribution >= 0.6 is 22.6 Å². The summed E-state index contributed by atoms with van der Waals surface area (Å²) in [6.07, 6.45) is -0.691. The molecule has 0 saturated heterocycles. The van der Waals surface area contributed by atoms with Crippen LogP contribution in [-0.4, -0.2) is 23.0 Å². The van der Waals surface area contributed by atoms with Gasteiger partial charge in [-0.1, -0.05) is 40.8 Å². The summed E-state index contributed by atoms with van der Waals surface area (Å²) in [7, 11) is 0. The molecule has 0 radical (unpaired) electrons. The molecule has 0 aliphatic rings. The third-order valence-electron chi connectivity index (χ3n) is 3.33. The van der Waals surface area contributed by atoms with E-state index in [1.807, 2.05) is 30.3 Å². The summed E-state index contributed by atoms with van der Waals surface area (Å²) in [6, 6.07) is 11.0. The maximum Gasteiger partial charge on any atom is 0.422 e. The Balaban J connectivity index is 2.11. The third kappa shape index (κ3) is 6.06. The smallest absolute Gasteiger partial charge is 0.422 e. The van der Waals surface area contributed by atoms with Crippen molar-refractivity contribution >= 4 is 45.1 Å². The van der Waals surface area contributed by atoms with E-state index >= 15 is 0 Å². The summed E-state index contributed by atoms with van der Waals surface area (Å²) in [6.45, 7) is -1.26. The molecule has 0 aliphatic heterocycles. The highest BCUT2D eigenvalue weighted by molar-refractivity contribution is 14.1. The Kier molecular flexibility index (Phi) is 7.33. The van der Waals surface area contributed by atoms with Crippen LogP contribution in [-0.2, 0) is 11.8 Å². The van der Waals surface area contributed by atoms with Crippen LogP contribution in [0.3, 0.4) is 0 Å². The minimum absolute atomic E-state index is 0.293. The minimum Gasteiger partial charge on any atom is -0.483 e. The van der Waals surface area contributed by atoms with Crippen molar-refractivity contribution in [3.8, 4) is 5.75 Å². The molecule has 0 heterocycles. The molecule has 0 unspecified atom stereocenters. The van der Waals surface area contributed by atoms with Crippen molar-refractivity contribution in [3.05, 3.63) is 36.4 Å². The number of thiol groups is 1. The van der Waals surface area contributed by atoms with Crippen molar-refractivity contribution in [2.45, 2.75) is 30.3 Å². The Morgan fingerprint density at radius 2 is 1.70 bits per heavy atom. The first-order valence-electron chi connectivity index (χ1n) is 7.46. The standard InChI is InChI=1S/C17H18F3IOS/c18-17(19,20)12-22-15-8-9-16(23-11-5-1-4-10-21)14-7-3-2-6-13(14)15/h2-3,6-9H,1,4-5,10-12H2/p+1. The molecule has 0 fully saturated rings. The zero-order valence-corrected chi connectivity index (χ0v) is 15.6. The molecule has 0 N–H and O–H groups in total. The van der Waals surface area contributed by atoms with Gasteiger partial charge in [0, 0.05) is 22.5 Å². The maximum absolute atomic E-state index is 12.4. The van der Waals surface area contributed by atoms with Crippen LogP contribution in [0.2, 0.25) is 0 Å². The second-order valence-electron chi connectivity index (χ2n) is 5.16. The summed E-state index contributed by atoms with van der Waals surface area (Å²) in [5.41, 5.74) is 0. The van der Waals surface area contributed by atoms with Gasteiger partial charge >= 0.3 is 6.18 Å². The Hall–Kier alpha value is -0.630. The van der Waals surface area contributed by atoms with Crippen molar-refractivity contribution in [1.82, 2.24) is 0 Å². The molecular weight excluding hydrogens is 436 g/mol. The lowest BCUT2D eigenvalue weighted by atomic mass is 10.1. The van der Waals surface area contributed by atoms with Crippen LogP contribution in [0.4, 0.5) is 13.2 Å². The number of alkyl halides is 4. The molecule has 0 aliphatic carbocycles. The fourth-order valence-electron chi connectivity index (χ4n) is 2.26. The van der Waals surface area contributed by atoms with Crippen molar-refractivity contribution in [2.75, 3.05) is 16.8 Å². The molecule has 0 atom stereocenters. The van der Waals surface area contributed by atoms with Crippen LogP contribution in [0.15, 0.2) is 41.3 Å². The predicted octanol–water partition coefficient (Wildman–Crippen LogP) is 5.56. The van der Waals surface area contributed by atoms with Gasteiger partial charge in [0.15, 0.2) is 11.5 Å². The van der Waals surface area contributed by atoms with Crippen molar-refractivity contribution in [2.24, 2.45) is 0 Å².